The number of benzene rings is 2. The number of ether oxygens (including phenoxy) is 1. The van der Waals surface area contributed by atoms with E-state index in [1.807, 2.05) is 23.0 Å². The van der Waals surface area contributed by atoms with Crippen molar-refractivity contribution in [3.63, 3.8) is 0 Å². The Bertz CT molecular complexity index is 893. The molecule has 5 nitrogen and oxygen atoms in total. The van der Waals surface area contributed by atoms with Gasteiger partial charge >= 0.3 is 5.97 Å². The Morgan fingerprint density at radius 1 is 1.16 bits per heavy atom. The standard InChI is InChI=1S/C20H21N3O2/c1-25-20(24)18-4-2-3-16-13-23(22-19(16)18)17-7-5-14(6-8-17)15-9-11-21-12-10-15/h2-8,13,15,21H,9-12H2,1H3. The number of nitrogens with one attached hydrogen (secondary N) is 1. The maximum Gasteiger partial charge on any atom is 0.340 e. The van der Waals surface area contributed by atoms with Crippen LogP contribution in [0.1, 0.15) is 34.7 Å². The highest BCUT2D eigenvalue weighted by Crippen LogP contribution is 2.26. The highest BCUT2D eigenvalue weighted by atomic mass is 16.5. The number of piperidine rings is 1. The average Bonchev–Trinajstić information content (AvgIpc) is 3.12. The highest BCUT2D eigenvalue weighted by molar-refractivity contribution is 6.02. The van der Waals surface area contributed by atoms with Crippen molar-refractivity contribution >= 4 is 16.9 Å². The van der Waals surface area contributed by atoms with Gasteiger partial charge in [0.25, 0.3) is 0 Å². The van der Waals surface area contributed by atoms with Crippen molar-refractivity contribution < 1.29 is 9.53 Å². The molecule has 0 unspecified atom stereocenters. The zero-order valence-electron chi connectivity index (χ0n) is 14.2. The molecule has 1 saturated heterocycles. The van der Waals surface area contributed by atoms with Gasteiger partial charge in [0, 0.05) is 11.6 Å². The molecule has 128 valence electrons. The Labute approximate surface area is 146 Å². The van der Waals surface area contributed by atoms with Crippen LogP contribution >= 0.6 is 0 Å². The lowest BCUT2D eigenvalue weighted by Crippen LogP contribution is -2.26. The summed E-state index contributed by atoms with van der Waals surface area (Å²) in [5.41, 5.74) is 3.53. The average molecular weight is 335 g/mol. The van der Waals surface area contributed by atoms with Gasteiger partial charge in [-0.3, -0.25) is 0 Å². The maximum absolute atomic E-state index is 11.9. The SMILES string of the molecule is COC(=O)c1cccc2cn(-c3ccc(C4CCNCC4)cc3)nc12. The predicted octanol–water partition coefficient (Wildman–Crippen LogP) is 3.28. The fraction of sp³-hybridized carbons (Fsp3) is 0.300. The monoisotopic (exact) mass is 335 g/mol. The molecule has 0 radical (unpaired) electrons. The van der Waals surface area contributed by atoms with Crippen LogP contribution in [0, 0.1) is 0 Å². The van der Waals surface area contributed by atoms with Crippen LogP contribution in [0.25, 0.3) is 16.6 Å². The van der Waals surface area contributed by atoms with Gasteiger partial charge in [-0.1, -0.05) is 24.3 Å². The summed E-state index contributed by atoms with van der Waals surface area (Å²) >= 11 is 0. The molecule has 0 spiro atoms. The van der Waals surface area contributed by atoms with E-state index in [1.54, 1.807) is 6.07 Å². The molecule has 2 heterocycles. The second kappa shape index (κ2) is 6.69. The Morgan fingerprint density at radius 3 is 2.64 bits per heavy atom. The second-order valence-corrected chi connectivity index (χ2v) is 6.42. The number of methoxy groups -OCH3 is 1. The summed E-state index contributed by atoms with van der Waals surface area (Å²) in [7, 11) is 1.39. The molecule has 25 heavy (non-hydrogen) atoms. The van der Waals surface area contributed by atoms with Crippen molar-refractivity contribution in [2.24, 2.45) is 0 Å². The van der Waals surface area contributed by atoms with Crippen molar-refractivity contribution in [2.45, 2.75) is 18.8 Å². The Morgan fingerprint density at radius 2 is 1.92 bits per heavy atom. The predicted molar refractivity (Wildman–Crippen MR) is 97.3 cm³/mol. The van der Waals surface area contributed by atoms with Crippen molar-refractivity contribution in [1.29, 1.82) is 0 Å². The zero-order valence-corrected chi connectivity index (χ0v) is 14.2. The molecule has 0 atom stereocenters. The minimum absolute atomic E-state index is 0.364. The van der Waals surface area contributed by atoms with Crippen LogP contribution in [-0.2, 0) is 4.74 Å². The van der Waals surface area contributed by atoms with Crippen LogP contribution < -0.4 is 5.32 Å². The Balaban J connectivity index is 1.66. The first kappa shape index (κ1) is 15.8. The van der Waals surface area contributed by atoms with E-state index < -0.39 is 0 Å². The van der Waals surface area contributed by atoms with E-state index >= 15 is 0 Å². The van der Waals surface area contributed by atoms with Gasteiger partial charge in [0.2, 0.25) is 0 Å². The lowest BCUT2D eigenvalue weighted by Gasteiger charge is -2.23. The molecular weight excluding hydrogens is 314 g/mol. The molecule has 0 aliphatic carbocycles. The number of carbonyl (C=O) groups excluding carboxylic acids is 1. The molecule has 0 saturated carbocycles. The number of esters is 1. The summed E-state index contributed by atoms with van der Waals surface area (Å²) in [4.78, 5) is 11.9. The molecule has 1 fully saturated rings. The Kier molecular flexibility index (Phi) is 4.24. The smallest absolute Gasteiger partial charge is 0.340 e. The third kappa shape index (κ3) is 3.03. The summed E-state index contributed by atoms with van der Waals surface area (Å²) in [6.07, 6.45) is 4.32. The van der Waals surface area contributed by atoms with Crippen molar-refractivity contribution in [1.82, 2.24) is 15.1 Å². The van der Waals surface area contributed by atoms with Crippen molar-refractivity contribution in [3.8, 4) is 5.69 Å². The summed E-state index contributed by atoms with van der Waals surface area (Å²) in [5, 5.41) is 8.93. The molecule has 2 aromatic carbocycles. The molecule has 0 bridgehead atoms. The molecule has 5 heteroatoms. The topological polar surface area (TPSA) is 56.1 Å². The lowest BCUT2D eigenvalue weighted by atomic mass is 9.90. The van der Waals surface area contributed by atoms with Gasteiger partial charge in [-0.05, 0) is 55.6 Å². The molecule has 4 rings (SSSR count). The molecule has 1 N–H and O–H groups in total. The Hall–Kier alpha value is -2.66. The van der Waals surface area contributed by atoms with Gasteiger partial charge in [0.15, 0.2) is 0 Å². The van der Waals surface area contributed by atoms with Gasteiger partial charge in [-0.25, -0.2) is 9.48 Å². The second-order valence-electron chi connectivity index (χ2n) is 6.42. The fourth-order valence-corrected chi connectivity index (χ4v) is 3.51. The van der Waals surface area contributed by atoms with Gasteiger partial charge in [-0.2, -0.15) is 5.10 Å². The van der Waals surface area contributed by atoms with E-state index in [0.717, 1.165) is 24.2 Å². The first-order valence-corrected chi connectivity index (χ1v) is 8.64. The summed E-state index contributed by atoms with van der Waals surface area (Å²) in [6, 6.07) is 14.1. The number of aromatic nitrogens is 2. The number of hydrogen-bond acceptors (Lipinski definition) is 4. The van der Waals surface area contributed by atoms with E-state index in [9.17, 15) is 4.79 Å². The maximum atomic E-state index is 11.9. The number of rotatable bonds is 3. The molecule has 1 aliphatic rings. The number of carbonyl (C=O) groups is 1. The normalized spacial score (nSPS) is 15.4. The van der Waals surface area contributed by atoms with Crippen LogP contribution in [0.2, 0.25) is 0 Å². The third-order valence-corrected chi connectivity index (χ3v) is 4.91. The zero-order chi connectivity index (χ0) is 17.2. The van der Waals surface area contributed by atoms with E-state index in [0.29, 0.717) is 17.0 Å². The van der Waals surface area contributed by atoms with Crippen molar-refractivity contribution in [2.75, 3.05) is 20.2 Å². The molecule has 0 amide bonds. The minimum atomic E-state index is -0.364. The summed E-state index contributed by atoms with van der Waals surface area (Å²) < 4.78 is 6.67. The molecule has 1 aromatic heterocycles. The van der Waals surface area contributed by atoms with Crippen LogP contribution in [0.3, 0.4) is 0 Å². The molecule has 3 aromatic rings. The largest absolute Gasteiger partial charge is 0.465 e. The number of hydrogen-bond donors (Lipinski definition) is 1. The van der Waals surface area contributed by atoms with E-state index in [1.165, 1.54) is 25.5 Å². The van der Waals surface area contributed by atoms with E-state index in [4.69, 9.17) is 4.74 Å². The summed E-state index contributed by atoms with van der Waals surface area (Å²) in [6.45, 7) is 2.18. The van der Waals surface area contributed by atoms with Gasteiger partial charge in [0.1, 0.15) is 5.52 Å². The summed E-state index contributed by atoms with van der Waals surface area (Å²) in [5.74, 6) is 0.273. The minimum Gasteiger partial charge on any atom is -0.465 e. The van der Waals surface area contributed by atoms with Crippen LogP contribution in [0.4, 0.5) is 0 Å². The third-order valence-electron chi connectivity index (χ3n) is 4.91. The fourth-order valence-electron chi connectivity index (χ4n) is 3.51. The van der Waals surface area contributed by atoms with Crippen molar-refractivity contribution in [3.05, 3.63) is 59.8 Å². The van der Waals surface area contributed by atoms with Gasteiger partial charge in [0.05, 0.1) is 18.4 Å². The van der Waals surface area contributed by atoms with Gasteiger partial charge in [-0.15, -0.1) is 0 Å². The van der Waals surface area contributed by atoms with E-state index in [2.05, 4.69) is 34.7 Å². The van der Waals surface area contributed by atoms with Crippen LogP contribution in [-0.4, -0.2) is 35.9 Å². The first-order chi connectivity index (χ1) is 12.3. The molecular formula is C20H21N3O2. The number of nitrogens with zero attached hydrogens (tertiary/aromatic N) is 2. The van der Waals surface area contributed by atoms with E-state index in [-0.39, 0.29) is 5.97 Å². The van der Waals surface area contributed by atoms with Gasteiger partial charge < -0.3 is 10.1 Å². The highest BCUT2D eigenvalue weighted by Gasteiger charge is 2.16. The van der Waals surface area contributed by atoms with Crippen LogP contribution in [0.15, 0.2) is 48.7 Å². The van der Waals surface area contributed by atoms with Crippen LogP contribution in [0.5, 0.6) is 0 Å². The molecule has 1 aliphatic heterocycles. The quantitative estimate of drug-likeness (QED) is 0.746. The first-order valence-electron chi connectivity index (χ1n) is 8.64. The number of fused-ring (bicyclic) bond motifs is 1. The lowest BCUT2D eigenvalue weighted by molar-refractivity contribution is 0.0602.